The van der Waals surface area contributed by atoms with Crippen molar-refractivity contribution in [2.45, 2.75) is 33.1 Å². The Hall–Kier alpha value is -1.03. The van der Waals surface area contributed by atoms with Crippen molar-refractivity contribution in [1.29, 1.82) is 0 Å². The maximum Gasteiger partial charge on any atom is 0.335 e. The molecule has 4 heteroatoms. The second kappa shape index (κ2) is 5.75. The molecule has 0 N–H and O–H groups in total. The van der Waals surface area contributed by atoms with Crippen LogP contribution in [0.2, 0.25) is 0 Å². The molecule has 1 aromatic rings. The molecular formula is C11H15FO2S. The lowest BCUT2D eigenvalue weighted by molar-refractivity contribution is 0.563. The summed E-state index contributed by atoms with van der Waals surface area (Å²) >= 11 is -0.750. The van der Waals surface area contributed by atoms with Crippen molar-refractivity contribution < 1.29 is 12.8 Å². The lowest BCUT2D eigenvalue weighted by atomic mass is 9.84. The van der Waals surface area contributed by atoms with E-state index in [0.717, 1.165) is 11.1 Å². The summed E-state index contributed by atoms with van der Waals surface area (Å²) in [6.07, 6.45) is 0. The Morgan fingerprint density at radius 3 is 2.00 bits per heavy atom. The molecule has 2 nitrogen and oxygen atoms in total. The van der Waals surface area contributed by atoms with Crippen LogP contribution in [0.25, 0.3) is 0 Å². The predicted molar refractivity (Wildman–Crippen MR) is 58.8 cm³/mol. The summed E-state index contributed by atoms with van der Waals surface area (Å²) in [5.74, 6) is -0.109. The largest absolute Gasteiger partial charge is 0.335 e. The quantitative estimate of drug-likeness (QED) is 0.686. The van der Waals surface area contributed by atoms with Crippen molar-refractivity contribution >= 4 is 11.6 Å². The van der Waals surface area contributed by atoms with E-state index in [1.165, 1.54) is 6.07 Å². The molecule has 0 amide bonds. The van der Waals surface area contributed by atoms with E-state index in [4.69, 9.17) is 8.42 Å². The molecular weight excluding hydrogens is 215 g/mol. The summed E-state index contributed by atoms with van der Waals surface area (Å²) in [6, 6.07) is 5.26. The normalized spacial score (nSPS) is 10.2. The van der Waals surface area contributed by atoms with Gasteiger partial charge in [-0.1, -0.05) is 32.9 Å². The summed E-state index contributed by atoms with van der Waals surface area (Å²) in [4.78, 5) is 0. The number of rotatable bonds is 0. The van der Waals surface area contributed by atoms with Crippen LogP contribution in [0.1, 0.15) is 31.9 Å². The molecule has 0 saturated carbocycles. The van der Waals surface area contributed by atoms with E-state index in [-0.39, 0.29) is 11.2 Å². The molecule has 0 bridgehead atoms. The highest BCUT2D eigenvalue weighted by atomic mass is 32.1. The van der Waals surface area contributed by atoms with E-state index in [1.807, 2.05) is 13.0 Å². The van der Waals surface area contributed by atoms with E-state index >= 15 is 0 Å². The zero-order valence-corrected chi connectivity index (χ0v) is 10.2. The molecule has 15 heavy (non-hydrogen) atoms. The van der Waals surface area contributed by atoms with Crippen LogP contribution in [0.4, 0.5) is 4.39 Å². The molecule has 0 aliphatic rings. The molecule has 0 radical (unpaired) electrons. The van der Waals surface area contributed by atoms with Gasteiger partial charge in [0.15, 0.2) is 0 Å². The molecule has 0 fully saturated rings. The Labute approximate surface area is 93.1 Å². The third-order valence-corrected chi connectivity index (χ3v) is 2.08. The minimum absolute atomic E-state index is 0.0339. The first kappa shape index (κ1) is 14.0. The second-order valence-electron chi connectivity index (χ2n) is 4.23. The van der Waals surface area contributed by atoms with Crippen molar-refractivity contribution in [2.24, 2.45) is 0 Å². The van der Waals surface area contributed by atoms with Gasteiger partial charge < -0.3 is 0 Å². The lowest BCUT2D eigenvalue weighted by Crippen LogP contribution is -2.13. The molecule has 84 valence electrons. The molecule has 0 atom stereocenters. The number of benzene rings is 1. The summed E-state index contributed by atoms with van der Waals surface area (Å²) in [5, 5.41) is 0. The molecule has 0 aliphatic heterocycles. The predicted octanol–water partition coefficient (Wildman–Crippen LogP) is 2.76. The smallest absolute Gasteiger partial charge is 0.207 e. The van der Waals surface area contributed by atoms with Crippen LogP contribution in [0.15, 0.2) is 18.2 Å². The van der Waals surface area contributed by atoms with Crippen LogP contribution in [0.3, 0.4) is 0 Å². The first-order chi connectivity index (χ1) is 6.84. The topological polar surface area (TPSA) is 34.1 Å². The van der Waals surface area contributed by atoms with Crippen LogP contribution < -0.4 is 0 Å². The molecule has 1 aromatic carbocycles. The van der Waals surface area contributed by atoms with Gasteiger partial charge in [0, 0.05) is 0 Å². The Kier molecular flexibility index (Phi) is 5.36. The Balaban J connectivity index is 0.000000583. The van der Waals surface area contributed by atoms with Gasteiger partial charge in [-0.3, -0.25) is 0 Å². The summed E-state index contributed by atoms with van der Waals surface area (Å²) in [7, 11) is 0. The first-order valence-electron chi connectivity index (χ1n) is 4.52. The maximum absolute atomic E-state index is 13.1. The van der Waals surface area contributed by atoms with Crippen molar-refractivity contribution in [3.8, 4) is 0 Å². The molecule has 0 heterocycles. The number of hydrogen-bond donors (Lipinski definition) is 0. The molecule has 0 spiro atoms. The highest BCUT2D eigenvalue weighted by Gasteiger charge is 2.17. The summed E-state index contributed by atoms with van der Waals surface area (Å²) < 4.78 is 29.7. The Morgan fingerprint density at radius 2 is 1.67 bits per heavy atom. The Morgan fingerprint density at radius 1 is 1.20 bits per heavy atom. The van der Waals surface area contributed by atoms with Gasteiger partial charge in [-0.25, -0.2) is 4.39 Å². The molecule has 0 aromatic heterocycles. The third-order valence-electron chi connectivity index (χ3n) is 2.08. The highest BCUT2D eigenvalue weighted by Crippen LogP contribution is 2.26. The monoisotopic (exact) mass is 230 g/mol. The van der Waals surface area contributed by atoms with E-state index in [1.54, 1.807) is 6.07 Å². The van der Waals surface area contributed by atoms with E-state index < -0.39 is 11.6 Å². The average molecular weight is 230 g/mol. The van der Waals surface area contributed by atoms with Gasteiger partial charge in [-0.05, 0) is 29.5 Å². The third kappa shape index (κ3) is 4.34. The SMILES string of the molecule is Cc1c(F)cccc1C(C)(C)C.O=S=O. The van der Waals surface area contributed by atoms with Crippen LogP contribution in [-0.4, -0.2) is 8.42 Å². The standard InChI is InChI=1S/C11H15F.O2S/c1-8-9(11(2,3)4)6-5-7-10(8)12;1-3-2/h5-7H,1-4H3;. The fourth-order valence-electron chi connectivity index (χ4n) is 1.42. The zero-order chi connectivity index (χ0) is 12.1. The van der Waals surface area contributed by atoms with Crippen LogP contribution in [-0.2, 0) is 17.0 Å². The fourth-order valence-corrected chi connectivity index (χ4v) is 1.42. The highest BCUT2D eigenvalue weighted by molar-refractivity contribution is 7.51. The second-order valence-corrected chi connectivity index (χ2v) is 4.37. The van der Waals surface area contributed by atoms with Gasteiger partial charge in [0.1, 0.15) is 5.82 Å². The van der Waals surface area contributed by atoms with Crippen LogP contribution >= 0.6 is 0 Å². The van der Waals surface area contributed by atoms with Gasteiger partial charge in [0.05, 0.1) is 0 Å². The van der Waals surface area contributed by atoms with Gasteiger partial charge in [0.2, 0.25) is 0 Å². The maximum atomic E-state index is 13.1. The summed E-state index contributed by atoms with van der Waals surface area (Å²) in [5.41, 5.74) is 1.89. The van der Waals surface area contributed by atoms with E-state index in [0.29, 0.717) is 0 Å². The van der Waals surface area contributed by atoms with Gasteiger partial charge in [-0.2, -0.15) is 8.42 Å². The lowest BCUT2D eigenvalue weighted by Gasteiger charge is -2.21. The molecule has 1 rings (SSSR count). The number of hydrogen-bond acceptors (Lipinski definition) is 2. The van der Waals surface area contributed by atoms with Crippen molar-refractivity contribution in [2.75, 3.05) is 0 Å². The van der Waals surface area contributed by atoms with Crippen molar-refractivity contribution in [3.63, 3.8) is 0 Å². The average Bonchev–Trinajstić information content (AvgIpc) is 2.09. The minimum atomic E-state index is -0.750. The minimum Gasteiger partial charge on any atom is -0.207 e. The van der Waals surface area contributed by atoms with Crippen molar-refractivity contribution in [1.82, 2.24) is 0 Å². The van der Waals surface area contributed by atoms with Gasteiger partial charge in [0.25, 0.3) is 0 Å². The van der Waals surface area contributed by atoms with Crippen LogP contribution in [0, 0.1) is 12.7 Å². The van der Waals surface area contributed by atoms with Crippen LogP contribution in [0.5, 0.6) is 0 Å². The van der Waals surface area contributed by atoms with Gasteiger partial charge in [-0.15, -0.1) is 0 Å². The Bertz CT molecular complexity index is 363. The fraction of sp³-hybridized carbons (Fsp3) is 0.455. The zero-order valence-electron chi connectivity index (χ0n) is 9.33. The molecule has 0 unspecified atom stereocenters. The van der Waals surface area contributed by atoms with Gasteiger partial charge >= 0.3 is 11.6 Å². The summed E-state index contributed by atoms with van der Waals surface area (Å²) in [6.45, 7) is 8.11. The van der Waals surface area contributed by atoms with Crippen molar-refractivity contribution in [3.05, 3.63) is 35.1 Å². The molecule has 0 aliphatic carbocycles. The first-order valence-corrected chi connectivity index (χ1v) is 5.18. The molecule has 0 saturated heterocycles. The van der Waals surface area contributed by atoms with E-state index in [9.17, 15) is 4.39 Å². The van der Waals surface area contributed by atoms with E-state index in [2.05, 4.69) is 20.8 Å². The number of halogens is 1.